The minimum atomic E-state index is -0.0717. The van der Waals surface area contributed by atoms with Crippen molar-refractivity contribution in [3.63, 3.8) is 0 Å². The third-order valence-electron chi connectivity index (χ3n) is 3.00. The standard InChI is InChI=1S/C11H21NO2/c1-11(2,3)14-10-4-8(5-10)12-6-9(13)7-12/h8-10,13H,4-7H2,1-3H3. The number of aliphatic hydroxyl groups excluding tert-OH is 1. The monoisotopic (exact) mass is 199 g/mol. The maximum absolute atomic E-state index is 9.17. The Hall–Kier alpha value is -0.120. The van der Waals surface area contributed by atoms with Crippen LogP contribution >= 0.6 is 0 Å². The van der Waals surface area contributed by atoms with E-state index in [1.807, 2.05) is 0 Å². The van der Waals surface area contributed by atoms with Crippen LogP contribution in [0.3, 0.4) is 0 Å². The van der Waals surface area contributed by atoms with Crippen LogP contribution < -0.4 is 0 Å². The van der Waals surface area contributed by atoms with E-state index in [2.05, 4.69) is 25.7 Å². The summed E-state index contributed by atoms with van der Waals surface area (Å²) in [7, 11) is 0. The van der Waals surface area contributed by atoms with Crippen molar-refractivity contribution in [1.29, 1.82) is 0 Å². The van der Waals surface area contributed by atoms with E-state index in [-0.39, 0.29) is 11.7 Å². The normalized spacial score (nSPS) is 35.1. The number of aliphatic hydroxyl groups is 1. The third kappa shape index (κ3) is 2.27. The van der Waals surface area contributed by atoms with Crippen molar-refractivity contribution in [2.75, 3.05) is 13.1 Å². The number of β-amino-alcohol motifs (C(OH)–C–C–N with tert-alkyl or cyclic N) is 1. The summed E-state index contributed by atoms with van der Waals surface area (Å²) < 4.78 is 5.86. The van der Waals surface area contributed by atoms with Gasteiger partial charge in [0.25, 0.3) is 0 Å². The highest BCUT2D eigenvalue weighted by atomic mass is 16.5. The molecule has 1 heterocycles. The van der Waals surface area contributed by atoms with E-state index in [1.54, 1.807) is 0 Å². The molecule has 1 saturated heterocycles. The highest BCUT2D eigenvalue weighted by Gasteiger charge is 2.40. The van der Waals surface area contributed by atoms with Gasteiger partial charge in [0.15, 0.2) is 0 Å². The molecule has 1 saturated carbocycles. The second-order valence-electron chi connectivity index (χ2n) is 5.59. The number of hydrogen-bond donors (Lipinski definition) is 1. The largest absolute Gasteiger partial charge is 0.390 e. The molecule has 0 bridgehead atoms. The van der Waals surface area contributed by atoms with Gasteiger partial charge in [-0.05, 0) is 33.6 Å². The zero-order chi connectivity index (χ0) is 10.3. The fourth-order valence-corrected chi connectivity index (χ4v) is 2.22. The molecule has 0 unspecified atom stereocenters. The van der Waals surface area contributed by atoms with Gasteiger partial charge in [0.2, 0.25) is 0 Å². The fraction of sp³-hybridized carbons (Fsp3) is 1.00. The van der Waals surface area contributed by atoms with Gasteiger partial charge < -0.3 is 9.84 Å². The lowest BCUT2D eigenvalue weighted by Gasteiger charge is -2.50. The average molecular weight is 199 g/mol. The number of ether oxygens (including phenoxy) is 1. The Morgan fingerprint density at radius 2 is 1.79 bits per heavy atom. The lowest BCUT2D eigenvalue weighted by atomic mass is 9.85. The zero-order valence-electron chi connectivity index (χ0n) is 9.36. The molecule has 0 amide bonds. The molecule has 0 aromatic heterocycles. The maximum Gasteiger partial charge on any atom is 0.0794 e. The van der Waals surface area contributed by atoms with Crippen molar-refractivity contribution < 1.29 is 9.84 Å². The lowest BCUT2D eigenvalue weighted by molar-refractivity contribution is -0.141. The number of hydrogen-bond acceptors (Lipinski definition) is 3. The Balaban J connectivity index is 1.65. The zero-order valence-corrected chi connectivity index (χ0v) is 9.36. The number of likely N-dealkylation sites (tertiary alicyclic amines) is 1. The molecule has 1 aliphatic heterocycles. The SMILES string of the molecule is CC(C)(C)OC1CC(N2CC(O)C2)C1. The van der Waals surface area contributed by atoms with Gasteiger partial charge in [-0.1, -0.05) is 0 Å². The van der Waals surface area contributed by atoms with E-state index >= 15 is 0 Å². The molecule has 0 aromatic carbocycles. The van der Waals surface area contributed by atoms with Crippen LogP contribution in [0.1, 0.15) is 33.6 Å². The van der Waals surface area contributed by atoms with Crippen molar-refractivity contribution in [1.82, 2.24) is 4.90 Å². The van der Waals surface area contributed by atoms with Gasteiger partial charge in [0.05, 0.1) is 17.8 Å². The Bertz CT molecular complexity index is 200. The third-order valence-corrected chi connectivity index (χ3v) is 3.00. The molecule has 0 radical (unpaired) electrons. The Kier molecular flexibility index (Phi) is 2.58. The number of nitrogens with zero attached hydrogens (tertiary/aromatic N) is 1. The predicted octanol–water partition coefficient (Wildman–Crippen LogP) is 1.01. The molecule has 2 rings (SSSR count). The summed E-state index contributed by atoms with van der Waals surface area (Å²) in [6.45, 7) is 8.05. The second-order valence-corrected chi connectivity index (χ2v) is 5.59. The first-order chi connectivity index (χ1) is 6.44. The summed E-state index contributed by atoms with van der Waals surface area (Å²) >= 11 is 0. The molecule has 0 atom stereocenters. The highest BCUT2D eigenvalue weighted by Crippen LogP contribution is 2.33. The van der Waals surface area contributed by atoms with Crippen LogP contribution in [0.5, 0.6) is 0 Å². The van der Waals surface area contributed by atoms with Crippen molar-refractivity contribution >= 4 is 0 Å². The summed E-state index contributed by atoms with van der Waals surface area (Å²) in [4.78, 5) is 2.35. The quantitative estimate of drug-likeness (QED) is 0.720. The van der Waals surface area contributed by atoms with Crippen molar-refractivity contribution in [3.8, 4) is 0 Å². The molecule has 3 nitrogen and oxygen atoms in total. The fourth-order valence-electron chi connectivity index (χ4n) is 2.22. The van der Waals surface area contributed by atoms with Crippen LogP contribution in [-0.4, -0.2) is 46.9 Å². The van der Waals surface area contributed by atoms with Gasteiger partial charge in [-0.15, -0.1) is 0 Å². The van der Waals surface area contributed by atoms with E-state index in [0.717, 1.165) is 25.9 Å². The van der Waals surface area contributed by atoms with Crippen LogP contribution in [0.4, 0.5) is 0 Å². The van der Waals surface area contributed by atoms with Gasteiger partial charge in [0, 0.05) is 19.1 Å². The summed E-state index contributed by atoms with van der Waals surface area (Å²) in [6, 6.07) is 0.672. The van der Waals surface area contributed by atoms with Crippen LogP contribution in [0.2, 0.25) is 0 Å². The van der Waals surface area contributed by atoms with E-state index < -0.39 is 0 Å². The minimum absolute atomic E-state index is 0.00982. The molecule has 3 heteroatoms. The minimum Gasteiger partial charge on any atom is -0.390 e. The molecule has 1 aliphatic carbocycles. The number of rotatable bonds is 2. The lowest BCUT2D eigenvalue weighted by Crippen LogP contribution is -2.60. The highest BCUT2D eigenvalue weighted by molar-refractivity contribution is 4.94. The van der Waals surface area contributed by atoms with Gasteiger partial charge in [-0.2, -0.15) is 0 Å². The van der Waals surface area contributed by atoms with Gasteiger partial charge >= 0.3 is 0 Å². The summed E-state index contributed by atoms with van der Waals surface area (Å²) in [6.07, 6.45) is 2.66. The smallest absolute Gasteiger partial charge is 0.0794 e. The average Bonchev–Trinajstić information content (AvgIpc) is 1.88. The van der Waals surface area contributed by atoms with Gasteiger partial charge in [0.1, 0.15) is 0 Å². The Morgan fingerprint density at radius 3 is 2.21 bits per heavy atom. The van der Waals surface area contributed by atoms with Gasteiger partial charge in [-0.25, -0.2) is 0 Å². The van der Waals surface area contributed by atoms with E-state index in [4.69, 9.17) is 9.84 Å². The summed E-state index contributed by atoms with van der Waals surface area (Å²) in [5.41, 5.74) is -0.00982. The van der Waals surface area contributed by atoms with Crippen LogP contribution in [0.25, 0.3) is 0 Å². The first-order valence-corrected chi connectivity index (χ1v) is 5.54. The van der Waals surface area contributed by atoms with Crippen LogP contribution in [0.15, 0.2) is 0 Å². The second kappa shape index (κ2) is 3.47. The molecule has 2 fully saturated rings. The topological polar surface area (TPSA) is 32.7 Å². The Morgan fingerprint density at radius 1 is 1.21 bits per heavy atom. The predicted molar refractivity (Wildman–Crippen MR) is 55.2 cm³/mol. The molecule has 0 aromatic rings. The molecular formula is C11H21NO2. The van der Waals surface area contributed by atoms with Crippen molar-refractivity contribution in [2.24, 2.45) is 0 Å². The van der Waals surface area contributed by atoms with Crippen LogP contribution in [-0.2, 0) is 4.74 Å². The summed E-state index contributed by atoms with van der Waals surface area (Å²) in [5, 5.41) is 9.17. The maximum atomic E-state index is 9.17. The Labute approximate surface area is 86.0 Å². The van der Waals surface area contributed by atoms with Gasteiger partial charge in [-0.3, -0.25) is 4.90 Å². The molecule has 14 heavy (non-hydrogen) atoms. The van der Waals surface area contributed by atoms with Crippen molar-refractivity contribution in [2.45, 2.75) is 57.5 Å². The molecule has 1 N–H and O–H groups in total. The van der Waals surface area contributed by atoms with E-state index in [0.29, 0.717) is 12.1 Å². The molecule has 2 aliphatic rings. The van der Waals surface area contributed by atoms with E-state index in [1.165, 1.54) is 0 Å². The first-order valence-electron chi connectivity index (χ1n) is 5.54. The first kappa shape index (κ1) is 10.4. The molecular weight excluding hydrogens is 178 g/mol. The molecule has 82 valence electrons. The van der Waals surface area contributed by atoms with Crippen molar-refractivity contribution in [3.05, 3.63) is 0 Å². The van der Waals surface area contributed by atoms with E-state index in [9.17, 15) is 0 Å². The summed E-state index contributed by atoms with van der Waals surface area (Å²) in [5.74, 6) is 0. The molecule has 0 spiro atoms. The van der Waals surface area contributed by atoms with Crippen LogP contribution in [0, 0.1) is 0 Å².